The second-order valence-corrected chi connectivity index (χ2v) is 7.35. The van der Waals surface area contributed by atoms with Gasteiger partial charge in [0.25, 0.3) is 0 Å². The summed E-state index contributed by atoms with van der Waals surface area (Å²) in [6.45, 7) is 0.564. The lowest BCUT2D eigenvalue weighted by Crippen LogP contribution is -2.50. The van der Waals surface area contributed by atoms with Gasteiger partial charge in [-0.15, -0.1) is 0 Å². The zero-order valence-corrected chi connectivity index (χ0v) is 15.1. The molecule has 0 radical (unpaired) electrons. The van der Waals surface area contributed by atoms with Crippen LogP contribution in [0.1, 0.15) is 31.2 Å². The molecule has 1 saturated carbocycles. The van der Waals surface area contributed by atoms with E-state index in [-0.39, 0.29) is 44.0 Å². The van der Waals surface area contributed by atoms with E-state index >= 15 is 0 Å². The average Bonchev–Trinajstić information content (AvgIpc) is 2.97. The number of nitrogens with zero attached hydrogens (tertiary/aromatic N) is 1. The normalized spacial score (nSPS) is 28.1. The van der Waals surface area contributed by atoms with Crippen LogP contribution in [0.3, 0.4) is 0 Å². The maximum absolute atomic E-state index is 12.9. The lowest BCUT2D eigenvalue weighted by molar-refractivity contribution is -0.369. The van der Waals surface area contributed by atoms with Gasteiger partial charge in [0.15, 0.2) is 19.4 Å². The van der Waals surface area contributed by atoms with Crippen molar-refractivity contribution in [3.8, 4) is 0 Å². The Balaban J connectivity index is 1.44. The Hall–Kier alpha value is -2.09. The largest absolute Gasteiger partial charge is 0.329 e. The van der Waals surface area contributed by atoms with Gasteiger partial charge in [0.2, 0.25) is 11.8 Å². The minimum absolute atomic E-state index is 0.00961. The molecule has 2 amide bonds. The standard InChI is InChI=1S/C20H23NO6/c22-17-6-8-20(26-12-25-13-27-20)11-16(17)15-10-18(23)21(19(15)24)9-7-14-4-2-1-3-5-14/h1-5,15-16H,6-13H2/t15-,16?/m1/s1. The van der Waals surface area contributed by atoms with Gasteiger partial charge in [0, 0.05) is 38.1 Å². The SMILES string of the molecule is O=C1CCC2(CC1[C@H]1CC(=O)N(CCc3ccccc3)C1=O)OCOCO2. The molecule has 1 aromatic rings. The van der Waals surface area contributed by atoms with E-state index in [0.29, 0.717) is 25.8 Å². The Labute approximate surface area is 157 Å². The number of amides is 2. The summed E-state index contributed by atoms with van der Waals surface area (Å²) in [5, 5.41) is 0. The molecule has 4 rings (SSSR count). The van der Waals surface area contributed by atoms with E-state index in [2.05, 4.69) is 0 Å². The van der Waals surface area contributed by atoms with Crippen molar-refractivity contribution in [2.45, 2.75) is 37.9 Å². The molecule has 1 spiro atoms. The number of benzene rings is 1. The van der Waals surface area contributed by atoms with E-state index in [1.807, 2.05) is 30.3 Å². The van der Waals surface area contributed by atoms with Crippen LogP contribution in [0.4, 0.5) is 0 Å². The molecule has 2 heterocycles. The molecule has 144 valence electrons. The van der Waals surface area contributed by atoms with Gasteiger partial charge in [0.1, 0.15) is 5.78 Å². The highest BCUT2D eigenvalue weighted by molar-refractivity contribution is 6.05. The Bertz CT molecular complexity index is 727. The molecule has 3 aliphatic rings. The summed E-state index contributed by atoms with van der Waals surface area (Å²) >= 11 is 0. The number of ketones is 1. The fourth-order valence-electron chi connectivity index (χ4n) is 4.20. The van der Waals surface area contributed by atoms with Crippen molar-refractivity contribution in [3.05, 3.63) is 35.9 Å². The predicted molar refractivity (Wildman–Crippen MR) is 93.0 cm³/mol. The molecule has 1 unspecified atom stereocenters. The number of imide groups is 1. The van der Waals surface area contributed by atoms with Crippen molar-refractivity contribution >= 4 is 17.6 Å². The van der Waals surface area contributed by atoms with Crippen LogP contribution >= 0.6 is 0 Å². The van der Waals surface area contributed by atoms with Crippen LogP contribution in [-0.4, -0.2) is 48.4 Å². The van der Waals surface area contributed by atoms with Crippen LogP contribution in [0, 0.1) is 11.8 Å². The summed E-state index contributed by atoms with van der Waals surface area (Å²) in [6, 6.07) is 9.73. The lowest BCUT2D eigenvalue weighted by atomic mass is 9.75. The van der Waals surface area contributed by atoms with E-state index in [1.165, 1.54) is 4.90 Å². The van der Waals surface area contributed by atoms with Gasteiger partial charge in [-0.2, -0.15) is 0 Å². The van der Waals surface area contributed by atoms with E-state index in [4.69, 9.17) is 14.2 Å². The maximum atomic E-state index is 12.9. The number of carbonyl (C=O) groups is 3. The molecule has 0 bridgehead atoms. The van der Waals surface area contributed by atoms with Crippen molar-refractivity contribution in [1.29, 1.82) is 0 Å². The molecule has 27 heavy (non-hydrogen) atoms. The predicted octanol–water partition coefficient (Wildman–Crippen LogP) is 1.65. The van der Waals surface area contributed by atoms with Gasteiger partial charge in [0.05, 0.1) is 5.92 Å². The van der Waals surface area contributed by atoms with E-state index in [0.717, 1.165) is 5.56 Å². The third-order valence-corrected chi connectivity index (χ3v) is 5.74. The van der Waals surface area contributed by atoms with Crippen LogP contribution in [0.25, 0.3) is 0 Å². The Morgan fingerprint density at radius 1 is 1.04 bits per heavy atom. The minimum Gasteiger partial charge on any atom is -0.329 e. The summed E-state index contributed by atoms with van der Waals surface area (Å²) in [6.07, 6.45) is 1.73. The first kappa shape index (κ1) is 18.3. The minimum atomic E-state index is -0.877. The number of hydrogen-bond acceptors (Lipinski definition) is 6. The summed E-state index contributed by atoms with van der Waals surface area (Å²) in [5.74, 6) is -2.49. The Morgan fingerprint density at radius 3 is 2.52 bits per heavy atom. The van der Waals surface area contributed by atoms with Crippen LogP contribution in [0.5, 0.6) is 0 Å². The van der Waals surface area contributed by atoms with Gasteiger partial charge in [-0.25, -0.2) is 0 Å². The number of likely N-dealkylation sites (tertiary alicyclic amines) is 1. The highest BCUT2D eigenvalue weighted by Crippen LogP contribution is 2.42. The molecule has 3 fully saturated rings. The van der Waals surface area contributed by atoms with Gasteiger partial charge in [-0.3, -0.25) is 19.3 Å². The fourth-order valence-corrected chi connectivity index (χ4v) is 4.20. The first-order valence-corrected chi connectivity index (χ1v) is 9.34. The molecule has 0 N–H and O–H groups in total. The Kier molecular flexibility index (Phi) is 5.08. The van der Waals surface area contributed by atoms with Crippen molar-refractivity contribution in [2.75, 3.05) is 20.1 Å². The van der Waals surface area contributed by atoms with E-state index in [1.54, 1.807) is 0 Å². The number of Topliss-reactive ketones (excluding diaryl/α,β-unsaturated/α-hetero) is 1. The van der Waals surface area contributed by atoms with Crippen LogP contribution in [0.2, 0.25) is 0 Å². The lowest BCUT2D eigenvalue weighted by Gasteiger charge is -2.42. The van der Waals surface area contributed by atoms with Crippen molar-refractivity contribution in [3.63, 3.8) is 0 Å². The fraction of sp³-hybridized carbons (Fsp3) is 0.550. The zero-order chi connectivity index (χ0) is 18.9. The molecular weight excluding hydrogens is 350 g/mol. The van der Waals surface area contributed by atoms with Gasteiger partial charge >= 0.3 is 0 Å². The monoisotopic (exact) mass is 373 g/mol. The average molecular weight is 373 g/mol. The highest BCUT2D eigenvalue weighted by atomic mass is 16.9. The van der Waals surface area contributed by atoms with Crippen LogP contribution in [0.15, 0.2) is 30.3 Å². The topological polar surface area (TPSA) is 82.1 Å². The quantitative estimate of drug-likeness (QED) is 0.747. The summed E-state index contributed by atoms with van der Waals surface area (Å²) < 4.78 is 16.3. The molecule has 0 aromatic heterocycles. The second kappa shape index (κ2) is 7.50. The zero-order valence-electron chi connectivity index (χ0n) is 15.1. The molecule has 2 saturated heterocycles. The maximum Gasteiger partial charge on any atom is 0.233 e. The molecule has 7 heteroatoms. The van der Waals surface area contributed by atoms with E-state index < -0.39 is 17.6 Å². The molecule has 7 nitrogen and oxygen atoms in total. The molecule has 2 aliphatic heterocycles. The van der Waals surface area contributed by atoms with Crippen LogP contribution < -0.4 is 0 Å². The third-order valence-electron chi connectivity index (χ3n) is 5.74. The van der Waals surface area contributed by atoms with Gasteiger partial charge in [-0.05, 0) is 12.0 Å². The van der Waals surface area contributed by atoms with Crippen molar-refractivity contribution in [2.24, 2.45) is 11.8 Å². The summed E-state index contributed by atoms with van der Waals surface area (Å²) in [5.41, 5.74) is 1.07. The van der Waals surface area contributed by atoms with Gasteiger partial charge in [-0.1, -0.05) is 30.3 Å². The van der Waals surface area contributed by atoms with Crippen molar-refractivity contribution in [1.82, 2.24) is 4.90 Å². The molecular formula is C20H23NO6. The van der Waals surface area contributed by atoms with Gasteiger partial charge < -0.3 is 14.2 Å². The second-order valence-electron chi connectivity index (χ2n) is 7.35. The first-order chi connectivity index (χ1) is 13.1. The molecule has 1 aliphatic carbocycles. The smallest absolute Gasteiger partial charge is 0.233 e. The number of ether oxygens (including phenoxy) is 3. The third kappa shape index (κ3) is 3.67. The number of hydrogen-bond donors (Lipinski definition) is 0. The Morgan fingerprint density at radius 2 is 1.78 bits per heavy atom. The van der Waals surface area contributed by atoms with Crippen molar-refractivity contribution < 1.29 is 28.6 Å². The molecule has 1 aromatic carbocycles. The summed E-state index contributed by atoms with van der Waals surface area (Å²) in [4.78, 5) is 39.2. The van der Waals surface area contributed by atoms with E-state index in [9.17, 15) is 14.4 Å². The first-order valence-electron chi connectivity index (χ1n) is 9.34. The summed E-state index contributed by atoms with van der Waals surface area (Å²) in [7, 11) is 0. The molecule has 2 atom stereocenters. The number of rotatable bonds is 4. The highest BCUT2D eigenvalue weighted by Gasteiger charge is 2.51. The van der Waals surface area contributed by atoms with Crippen LogP contribution in [-0.2, 0) is 35.0 Å². The number of carbonyl (C=O) groups excluding carboxylic acids is 3.